The number of amides is 1. The van der Waals surface area contributed by atoms with Gasteiger partial charge < -0.3 is 15.5 Å². The fourth-order valence-corrected chi connectivity index (χ4v) is 4.24. The minimum atomic E-state index is -0.203. The third kappa shape index (κ3) is 6.97. The zero-order valence-electron chi connectivity index (χ0n) is 18.2. The first kappa shape index (κ1) is 22.5. The number of carbonyl (C=O) groups excluding carboxylic acids is 1. The van der Waals surface area contributed by atoms with Crippen molar-refractivity contribution in [3.05, 3.63) is 35.6 Å². The van der Waals surface area contributed by atoms with Gasteiger partial charge in [0, 0.05) is 51.7 Å². The van der Waals surface area contributed by atoms with Gasteiger partial charge in [0.2, 0.25) is 5.91 Å². The second kappa shape index (κ2) is 11.9. The lowest BCUT2D eigenvalue weighted by atomic mass is 10.1. The predicted octanol–water partition coefficient (Wildman–Crippen LogP) is 2.26. The fourth-order valence-electron chi connectivity index (χ4n) is 4.24. The van der Waals surface area contributed by atoms with E-state index in [1.807, 2.05) is 12.1 Å². The number of halogens is 1. The number of hydrogen-bond acceptors (Lipinski definition) is 3. The maximum atomic E-state index is 13.0. The van der Waals surface area contributed by atoms with Crippen molar-refractivity contribution in [1.29, 1.82) is 0 Å². The van der Waals surface area contributed by atoms with Crippen molar-refractivity contribution in [3.8, 4) is 0 Å². The molecule has 1 aromatic rings. The van der Waals surface area contributed by atoms with E-state index in [1.165, 1.54) is 25.0 Å². The molecule has 0 radical (unpaired) electrons. The quantitative estimate of drug-likeness (QED) is 0.503. The van der Waals surface area contributed by atoms with Crippen LogP contribution < -0.4 is 10.6 Å². The smallest absolute Gasteiger partial charge is 0.225 e. The number of aliphatic imine (C=N–C) groups is 1. The summed E-state index contributed by atoms with van der Waals surface area (Å²) in [5, 5.41) is 6.62. The van der Waals surface area contributed by atoms with Crippen molar-refractivity contribution in [1.82, 2.24) is 20.4 Å². The first-order chi connectivity index (χ1) is 14.7. The second-order valence-electron chi connectivity index (χ2n) is 8.21. The zero-order chi connectivity index (χ0) is 21.2. The maximum Gasteiger partial charge on any atom is 0.225 e. The van der Waals surface area contributed by atoms with Crippen molar-refractivity contribution in [2.24, 2.45) is 10.9 Å². The van der Waals surface area contributed by atoms with Crippen LogP contribution in [-0.4, -0.2) is 74.0 Å². The number of hydrogen-bond donors (Lipinski definition) is 2. The first-order valence-corrected chi connectivity index (χ1v) is 11.4. The Morgan fingerprint density at radius 3 is 2.47 bits per heavy atom. The maximum absolute atomic E-state index is 13.0. The van der Waals surface area contributed by atoms with Crippen molar-refractivity contribution in [2.75, 3.05) is 52.4 Å². The molecule has 0 spiro atoms. The van der Waals surface area contributed by atoms with Crippen molar-refractivity contribution < 1.29 is 9.18 Å². The van der Waals surface area contributed by atoms with Gasteiger partial charge in [-0.15, -0.1) is 0 Å². The molecule has 0 atom stereocenters. The van der Waals surface area contributed by atoms with E-state index in [4.69, 9.17) is 0 Å². The third-order valence-electron chi connectivity index (χ3n) is 6.04. The Labute approximate surface area is 179 Å². The molecule has 7 heteroatoms. The van der Waals surface area contributed by atoms with Crippen LogP contribution >= 0.6 is 0 Å². The Morgan fingerprint density at radius 2 is 1.80 bits per heavy atom. The van der Waals surface area contributed by atoms with Gasteiger partial charge >= 0.3 is 0 Å². The van der Waals surface area contributed by atoms with E-state index in [1.54, 1.807) is 0 Å². The summed E-state index contributed by atoms with van der Waals surface area (Å²) in [5.74, 6) is 1.27. The van der Waals surface area contributed by atoms with Crippen LogP contribution in [0.3, 0.4) is 0 Å². The molecule has 1 aliphatic carbocycles. The highest BCUT2D eigenvalue weighted by molar-refractivity contribution is 5.80. The molecule has 2 N–H and O–H groups in total. The Bertz CT molecular complexity index is 679. The summed E-state index contributed by atoms with van der Waals surface area (Å²) in [4.78, 5) is 21.7. The van der Waals surface area contributed by atoms with Gasteiger partial charge in [0.1, 0.15) is 5.82 Å². The number of benzene rings is 1. The van der Waals surface area contributed by atoms with Crippen molar-refractivity contribution >= 4 is 11.9 Å². The summed E-state index contributed by atoms with van der Waals surface area (Å²) < 4.78 is 13.0. The number of carbonyl (C=O) groups is 1. The minimum Gasteiger partial charge on any atom is -0.357 e. The summed E-state index contributed by atoms with van der Waals surface area (Å²) >= 11 is 0. The van der Waals surface area contributed by atoms with Crippen LogP contribution in [0, 0.1) is 11.7 Å². The Hall–Kier alpha value is -2.15. The third-order valence-corrected chi connectivity index (χ3v) is 6.04. The summed E-state index contributed by atoms with van der Waals surface area (Å²) in [6, 6.07) is 6.63. The van der Waals surface area contributed by atoms with Gasteiger partial charge in [-0.25, -0.2) is 4.39 Å². The van der Waals surface area contributed by atoms with Crippen LogP contribution in [0.5, 0.6) is 0 Å². The average Bonchev–Trinajstić information content (AvgIpc) is 3.30. The second-order valence-corrected chi connectivity index (χ2v) is 8.21. The highest BCUT2D eigenvalue weighted by Crippen LogP contribution is 2.26. The molecule has 0 aromatic heterocycles. The van der Waals surface area contributed by atoms with Gasteiger partial charge in [-0.05, 0) is 43.9 Å². The predicted molar refractivity (Wildman–Crippen MR) is 119 cm³/mol. The summed E-state index contributed by atoms with van der Waals surface area (Å²) in [7, 11) is 0. The van der Waals surface area contributed by atoms with Crippen LogP contribution in [0.4, 0.5) is 4.39 Å². The van der Waals surface area contributed by atoms with Crippen molar-refractivity contribution in [3.63, 3.8) is 0 Å². The first-order valence-electron chi connectivity index (χ1n) is 11.4. The lowest BCUT2D eigenvalue weighted by Gasteiger charge is -2.35. The van der Waals surface area contributed by atoms with E-state index in [0.717, 1.165) is 83.1 Å². The molecule has 1 heterocycles. The van der Waals surface area contributed by atoms with E-state index in [0.29, 0.717) is 5.91 Å². The Kier molecular flexibility index (Phi) is 8.93. The van der Waals surface area contributed by atoms with Crippen LogP contribution in [0.25, 0.3) is 0 Å². The van der Waals surface area contributed by atoms with Gasteiger partial charge in [-0.2, -0.15) is 0 Å². The van der Waals surface area contributed by atoms with Gasteiger partial charge in [0.15, 0.2) is 5.96 Å². The van der Waals surface area contributed by atoms with Gasteiger partial charge in [-0.1, -0.05) is 25.0 Å². The van der Waals surface area contributed by atoms with E-state index in [9.17, 15) is 9.18 Å². The topological polar surface area (TPSA) is 60.0 Å². The van der Waals surface area contributed by atoms with Crippen LogP contribution in [0.15, 0.2) is 29.3 Å². The molecule has 1 saturated heterocycles. The molecular weight excluding hydrogens is 381 g/mol. The molecular formula is C23H36FN5O. The van der Waals surface area contributed by atoms with Gasteiger partial charge in [-0.3, -0.25) is 14.7 Å². The molecule has 30 heavy (non-hydrogen) atoms. The molecule has 1 aliphatic heterocycles. The molecule has 0 bridgehead atoms. The van der Waals surface area contributed by atoms with E-state index in [2.05, 4.69) is 32.3 Å². The van der Waals surface area contributed by atoms with Crippen LogP contribution in [0.2, 0.25) is 0 Å². The lowest BCUT2D eigenvalue weighted by Crippen LogP contribution is -2.50. The number of nitrogens with zero attached hydrogens (tertiary/aromatic N) is 3. The fraction of sp³-hybridized carbons (Fsp3) is 0.652. The van der Waals surface area contributed by atoms with Gasteiger partial charge in [0.05, 0.1) is 6.54 Å². The summed E-state index contributed by atoms with van der Waals surface area (Å²) in [6.07, 6.45) is 5.40. The molecule has 166 valence electrons. The van der Waals surface area contributed by atoms with Gasteiger partial charge in [0.25, 0.3) is 0 Å². The largest absolute Gasteiger partial charge is 0.357 e. The van der Waals surface area contributed by atoms with E-state index >= 15 is 0 Å². The molecule has 2 fully saturated rings. The summed E-state index contributed by atoms with van der Waals surface area (Å²) in [5.41, 5.74) is 1.10. The summed E-state index contributed by atoms with van der Waals surface area (Å²) in [6.45, 7) is 8.79. The normalized spacial score (nSPS) is 18.6. The lowest BCUT2D eigenvalue weighted by molar-refractivity contribution is -0.137. The number of guanidine groups is 1. The van der Waals surface area contributed by atoms with Crippen molar-refractivity contribution in [2.45, 2.75) is 39.0 Å². The SMILES string of the molecule is CCNC(=NCCN1CCN(C(=O)C2CCCC2)CC1)NCCc1ccc(F)cc1. The Balaban J connectivity index is 1.35. The molecule has 1 amide bonds. The monoisotopic (exact) mass is 417 g/mol. The van der Waals surface area contributed by atoms with Crippen LogP contribution in [0.1, 0.15) is 38.2 Å². The number of piperazine rings is 1. The minimum absolute atomic E-state index is 0.203. The average molecular weight is 418 g/mol. The number of nitrogens with one attached hydrogen (secondary N) is 2. The van der Waals surface area contributed by atoms with Crippen LogP contribution in [-0.2, 0) is 11.2 Å². The standard InChI is InChI=1S/C23H36FN5O/c1-2-25-23(26-12-11-19-7-9-21(24)10-8-19)27-13-14-28-15-17-29(18-16-28)22(30)20-5-3-4-6-20/h7-10,20H,2-6,11-18H2,1H3,(H2,25,26,27). The van der Waals surface area contributed by atoms with E-state index in [-0.39, 0.29) is 11.7 Å². The molecule has 2 aliphatic rings. The number of rotatable bonds is 8. The zero-order valence-corrected chi connectivity index (χ0v) is 18.2. The highest BCUT2D eigenvalue weighted by Gasteiger charge is 2.29. The highest BCUT2D eigenvalue weighted by atomic mass is 19.1. The molecule has 1 aromatic carbocycles. The Morgan fingerprint density at radius 1 is 1.10 bits per heavy atom. The molecule has 1 saturated carbocycles. The molecule has 0 unspecified atom stereocenters. The molecule has 3 rings (SSSR count). The van der Waals surface area contributed by atoms with E-state index < -0.39 is 0 Å². The molecule has 6 nitrogen and oxygen atoms in total.